The summed E-state index contributed by atoms with van der Waals surface area (Å²) in [5.41, 5.74) is 0.683. The van der Waals surface area contributed by atoms with Crippen LogP contribution in [0.1, 0.15) is 51.3 Å². The molecule has 1 N–H and O–H groups in total. The number of unbranched alkanes of at least 4 members (excludes halogenated alkanes) is 1. The van der Waals surface area contributed by atoms with Crippen molar-refractivity contribution in [3.8, 4) is 0 Å². The fraction of sp³-hybridized carbons (Fsp3) is 0.632. The number of nitrogens with zero attached hydrogens (tertiary/aromatic N) is 2. The lowest BCUT2D eigenvalue weighted by Crippen LogP contribution is -2.34. The van der Waals surface area contributed by atoms with Gasteiger partial charge in [0, 0.05) is 6.42 Å². The van der Waals surface area contributed by atoms with Crippen LogP contribution in [0.4, 0.5) is 8.78 Å². The lowest BCUT2D eigenvalue weighted by atomic mass is 9.91. The molecule has 3 rings (SSSR count). The molecule has 0 saturated carbocycles. The van der Waals surface area contributed by atoms with E-state index in [1.54, 1.807) is 6.07 Å². The zero-order chi connectivity index (χ0) is 16.9. The summed E-state index contributed by atoms with van der Waals surface area (Å²) in [5, 5.41) is 0. The number of benzene rings is 1. The summed E-state index contributed by atoms with van der Waals surface area (Å²) in [6, 6.07) is 2.69. The van der Waals surface area contributed by atoms with Gasteiger partial charge in [0.05, 0.1) is 5.52 Å². The first-order valence-corrected chi connectivity index (χ1v) is 9.22. The number of hydrogen-bond donors (Lipinski definition) is 1. The Bertz CT molecular complexity index is 660. The Hall–Kier alpha value is -1.49. The summed E-state index contributed by atoms with van der Waals surface area (Å²) in [6.45, 7) is 5.69. The third-order valence-corrected chi connectivity index (χ3v) is 5.16. The van der Waals surface area contributed by atoms with E-state index < -0.39 is 11.6 Å². The molecule has 2 aromatic rings. The van der Waals surface area contributed by atoms with Gasteiger partial charge in [-0.1, -0.05) is 26.2 Å². The van der Waals surface area contributed by atoms with Crippen LogP contribution < -0.4 is 0 Å². The number of fused-ring (bicyclic) bond motifs is 1. The maximum absolute atomic E-state index is 13.7. The second-order valence-corrected chi connectivity index (χ2v) is 6.97. The van der Waals surface area contributed by atoms with Gasteiger partial charge in [0.15, 0.2) is 11.6 Å². The Morgan fingerprint density at radius 1 is 1.21 bits per heavy atom. The van der Waals surface area contributed by atoms with E-state index in [4.69, 9.17) is 0 Å². The molecule has 1 aliphatic heterocycles. The Balaban J connectivity index is 1.45. The summed E-state index contributed by atoms with van der Waals surface area (Å²) < 4.78 is 26.9. The number of aryl methyl sites for hydroxylation is 1. The molecule has 0 spiro atoms. The normalized spacial score (nSPS) is 17.0. The van der Waals surface area contributed by atoms with Gasteiger partial charge in [0.1, 0.15) is 11.3 Å². The van der Waals surface area contributed by atoms with E-state index in [1.165, 1.54) is 45.2 Å². The maximum atomic E-state index is 13.7. The number of halogens is 2. The van der Waals surface area contributed by atoms with Crippen LogP contribution >= 0.6 is 0 Å². The van der Waals surface area contributed by atoms with Crippen LogP contribution in [0.2, 0.25) is 0 Å². The molecule has 1 saturated heterocycles. The predicted octanol–water partition coefficient (Wildman–Crippen LogP) is 4.68. The van der Waals surface area contributed by atoms with Crippen molar-refractivity contribution in [3.63, 3.8) is 0 Å². The van der Waals surface area contributed by atoms with E-state index in [2.05, 4.69) is 21.8 Å². The van der Waals surface area contributed by atoms with Crippen molar-refractivity contribution < 1.29 is 8.78 Å². The van der Waals surface area contributed by atoms with E-state index in [0.717, 1.165) is 37.2 Å². The van der Waals surface area contributed by atoms with E-state index in [9.17, 15) is 8.78 Å². The highest BCUT2D eigenvalue weighted by Crippen LogP contribution is 2.23. The molecule has 0 atom stereocenters. The average molecular weight is 335 g/mol. The Labute approximate surface area is 142 Å². The largest absolute Gasteiger partial charge is 0.342 e. The highest BCUT2D eigenvalue weighted by molar-refractivity contribution is 5.75. The van der Waals surface area contributed by atoms with E-state index in [-0.39, 0.29) is 5.52 Å². The SMILES string of the molecule is CCCCC1CCN(CCCc2nc3c(F)c(F)ccc3[nH]2)CC1. The first kappa shape index (κ1) is 17.3. The maximum Gasteiger partial charge on any atom is 0.186 e. The van der Waals surface area contributed by atoms with Crippen molar-refractivity contribution >= 4 is 11.0 Å². The number of likely N-dealkylation sites (tertiary alicyclic amines) is 1. The smallest absolute Gasteiger partial charge is 0.186 e. The monoisotopic (exact) mass is 335 g/mol. The number of aromatic nitrogens is 2. The zero-order valence-electron chi connectivity index (χ0n) is 14.5. The van der Waals surface area contributed by atoms with Gasteiger partial charge in [0.25, 0.3) is 0 Å². The second kappa shape index (κ2) is 8.06. The Morgan fingerprint density at radius 2 is 2.00 bits per heavy atom. The number of H-pyrrole nitrogens is 1. The fourth-order valence-electron chi connectivity index (χ4n) is 3.65. The third kappa shape index (κ3) is 4.12. The van der Waals surface area contributed by atoms with Crippen LogP contribution in [0.5, 0.6) is 0 Å². The van der Waals surface area contributed by atoms with Crippen molar-refractivity contribution in [2.75, 3.05) is 19.6 Å². The lowest BCUT2D eigenvalue weighted by molar-refractivity contribution is 0.176. The van der Waals surface area contributed by atoms with Crippen LogP contribution in [0.25, 0.3) is 11.0 Å². The molecule has 1 aromatic heterocycles. The molecular formula is C19H27F2N3. The quantitative estimate of drug-likeness (QED) is 0.797. The highest BCUT2D eigenvalue weighted by Gasteiger charge is 2.18. The van der Waals surface area contributed by atoms with Crippen LogP contribution in [0.15, 0.2) is 12.1 Å². The van der Waals surface area contributed by atoms with Crippen molar-refractivity contribution in [2.45, 2.75) is 51.9 Å². The second-order valence-electron chi connectivity index (χ2n) is 6.97. The summed E-state index contributed by atoms with van der Waals surface area (Å²) in [6.07, 6.45) is 8.42. The molecule has 0 aliphatic carbocycles. The molecule has 132 valence electrons. The minimum Gasteiger partial charge on any atom is -0.342 e. The number of piperidine rings is 1. The molecule has 1 aromatic carbocycles. The van der Waals surface area contributed by atoms with Gasteiger partial charge in [-0.15, -0.1) is 0 Å². The summed E-state index contributed by atoms with van der Waals surface area (Å²) in [4.78, 5) is 9.83. The van der Waals surface area contributed by atoms with Crippen LogP contribution in [-0.2, 0) is 6.42 Å². The van der Waals surface area contributed by atoms with Crippen LogP contribution in [-0.4, -0.2) is 34.5 Å². The van der Waals surface area contributed by atoms with E-state index >= 15 is 0 Å². The highest BCUT2D eigenvalue weighted by atomic mass is 19.2. The third-order valence-electron chi connectivity index (χ3n) is 5.16. The molecule has 0 amide bonds. The molecular weight excluding hydrogens is 308 g/mol. The summed E-state index contributed by atoms with van der Waals surface area (Å²) in [5.74, 6) is -0.0441. The minimum atomic E-state index is -0.857. The summed E-state index contributed by atoms with van der Waals surface area (Å²) >= 11 is 0. The first-order valence-electron chi connectivity index (χ1n) is 9.22. The molecule has 3 nitrogen and oxygen atoms in total. The number of hydrogen-bond acceptors (Lipinski definition) is 2. The molecule has 1 fully saturated rings. The van der Waals surface area contributed by atoms with Gasteiger partial charge < -0.3 is 9.88 Å². The Morgan fingerprint density at radius 3 is 2.75 bits per heavy atom. The van der Waals surface area contributed by atoms with E-state index in [0.29, 0.717) is 5.52 Å². The number of imidazole rings is 1. The van der Waals surface area contributed by atoms with Gasteiger partial charge in [-0.05, 0) is 56.9 Å². The van der Waals surface area contributed by atoms with Crippen molar-refractivity contribution in [2.24, 2.45) is 5.92 Å². The average Bonchev–Trinajstić information content (AvgIpc) is 3.01. The van der Waals surface area contributed by atoms with Crippen molar-refractivity contribution in [3.05, 3.63) is 29.6 Å². The molecule has 0 bridgehead atoms. The van der Waals surface area contributed by atoms with Crippen LogP contribution in [0, 0.1) is 17.6 Å². The van der Waals surface area contributed by atoms with E-state index in [1.807, 2.05) is 0 Å². The molecule has 0 unspecified atom stereocenters. The molecule has 5 heteroatoms. The van der Waals surface area contributed by atoms with Crippen LogP contribution in [0.3, 0.4) is 0 Å². The topological polar surface area (TPSA) is 31.9 Å². The van der Waals surface area contributed by atoms with Gasteiger partial charge >= 0.3 is 0 Å². The van der Waals surface area contributed by atoms with Gasteiger partial charge in [0.2, 0.25) is 0 Å². The summed E-state index contributed by atoms with van der Waals surface area (Å²) in [7, 11) is 0. The number of aromatic amines is 1. The van der Waals surface area contributed by atoms with Gasteiger partial charge in [-0.3, -0.25) is 0 Å². The Kier molecular flexibility index (Phi) is 5.82. The standard InChI is InChI=1S/C19H27F2N3/c1-2-3-5-14-9-12-24(13-10-14)11-4-6-17-22-16-8-7-15(20)18(21)19(16)23-17/h7-8,14H,2-6,9-13H2,1H3,(H,22,23). The van der Waals surface area contributed by atoms with Crippen molar-refractivity contribution in [1.82, 2.24) is 14.9 Å². The first-order chi connectivity index (χ1) is 11.7. The molecule has 2 heterocycles. The molecule has 24 heavy (non-hydrogen) atoms. The van der Waals surface area contributed by atoms with Gasteiger partial charge in [-0.25, -0.2) is 13.8 Å². The molecule has 0 radical (unpaired) electrons. The lowest BCUT2D eigenvalue weighted by Gasteiger charge is -2.31. The predicted molar refractivity (Wildman–Crippen MR) is 93.0 cm³/mol. The number of nitrogens with one attached hydrogen (secondary N) is 1. The number of rotatable bonds is 7. The zero-order valence-corrected chi connectivity index (χ0v) is 14.5. The minimum absolute atomic E-state index is 0.113. The molecule has 1 aliphatic rings. The van der Waals surface area contributed by atoms with Crippen molar-refractivity contribution in [1.29, 1.82) is 0 Å². The van der Waals surface area contributed by atoms with Gasteiger partial charge in [-0.2, -0.15) is 0 Å². The fourth-order valence-corrected chi connectivity index (χ4v) is 3.65.